The first kappa shape index (κ1) is 14.5. The van der Waals surface area contributed by atoms with Crippen molar-refractivity contribution in [2.45, 2.75) is 19.6 Å². The molecule has 1 aromatic rings. The summed E-state index contributed by atoms with van der Waals surface area (Å²) in [5.41, 5.74) is 0.993. The molecule has 1 atom stereocenters. The molecule has 1 aromatic carbocycles. The van der Waals surface area contributed by atoms with Gasteiger partial charge in [0.1, 0.15) is 12.3 Å². The summed E-state index contributed by atoms with van der Waals surface area (Å²) in [6.07, 6.45) is -1.49. The SMILES string of the molecule is CCOCCOC(Cc1ccccc1)NC(=O)[O-]. The molecule has 0 aliphatic carbocycles. The lowest BCUT2D eigenvalue weighted by Crippen LogP contribution is -2.46. The second kappa shape index (κ2) is 8.49. The quantitative estimate of drug-likeness (QED) is 0.541. The van der Waals surface area contributed by atoms with Crippen LogP contribution in [0.3, 0.4) is 0 Å². The number of carbonyl (C=O) groups is 1. The molecule has 1 N–H and O–H groups in total. The van der Waals surface area contributed by atoms with Gasteiger partial charge in [0.15, 0.2) is 0 Å². The minimum absolute atomic E-state index is 0.339. The second-order valence-corrected chi connectivity index (χ2v) is 3.68. The van der Waals surface area contributed by atoms with Gasteiger partial charge >= 0.3 is 0 Å². The van der Waals surface area contributed by atoms with Crippen molar-refractivity contribution in [1.82, 2.24) is 5.32 Å². The summed E-state index contributed by atoms with van der Waals surface area (Å²) in [6, 6.07) is 9.52. The minimum Gasteiger partial charge on any atom is -0.530 e. The van der Waals surface area contributed by atoms with Crippen LogP contribution in [0, 0.1) is 0 Å². The number of hydrogen-bond acceptors (Lipinski definition) is 4. The summed E-state index contributed by atoms with van der Waals surface area (Å²) in [5, 5.41) is 12.8. The van der Waals surface area contributed by atoms with Crippen molar-refractivity contribution < 1.29 is 19.4 Å². The Morgan fingerprint density at radius 2 is 2.06 bits per heavy atom. The van der Waals surface area contributed by atoms with Crippen molar-refractivity contribution >= 4 is 6.09 Å². The van der Waals surface area contributed by atoms with E-state index < -0.39 is 12.3 Å². The predicted octanol–water partition coefficient (Wildman–Crippen LogP) is 0.541. The molecule has 0 saturated heterocycles. The summed E-state index contributed by atoms with van der Waals surface area (Å²) in [6.45, 7) is 3.28. The van der Waals surface area contributed by atoms with Gasteiger partial charge in [-0.15, -0.1) is 0 Å². The van der Waals surface area contributed by atoms with E-state index in [9.17, 15) is 9.90 Å². The molecule has 5 nitrogen and oxygen atoms in total. The Labute approximate surface area is 107 Å². The van der Waals surface area contributed by atoms with Crippen LogP contribution in [0.5, 0.6) is 0 Å². The molecule has 18 heavy (non-hydrogen) atoms. The highest BCUT2D eigenvalue weighted by atomic mass is 16.5. The van der Waals surface area contributed by atoms with Crippen molar-refractivity contribution in [2.75, 3.05) is 19.8 Å². The molecule has 100 valence electrons. The van der Waals surface area contributed by atoms with E-state index in [1.54, 1.807) is 0 Å². The Kier molecular flexibility index (Phi) is 6.83. The third-order valence-corrected chi connectivity index (χ3v) is 2.29. The van der Waals surface area contributed by atoms with Crippen molar-refractivity contribution in [2.24, 2.45) is 0 Å². The van der Waals surface area contributed by atoms with E-state index in [-0.39, 0.29) is 0 Å². The van der Waals surface area contributed by atoms with E-state index in [0.717, 1.165) is 5.56 Å². The van der Waals surface area contributed by atoms with Gasteiger partial charge in [-0.2, -0.15) is 0 Å². The first-order valence-electron chi connectivity index (χ1n) is 5.93. The predicted molar refractivity (Wildman–Crippen MR) is 64.9 cm³/mol. The Morgan fingerprint density at radius 1 is 1.33 bits per heavy atom. The number of benzene rings is 1. The van der Waals surface area contributed by atoms with Gasteiger partial charge in [0.05, 0.1) is 13.2 Å². The maximum absolute atomic E-state index is 10.6. The van der Waals surface area contributed by atoms with E-state index in [4.69, 9.17) is 9.47 Å². The summed E-state index contributed by atoms with van der Waals surface area (Å²) in [5.74, 6) is 0. The molecule has 0 saturated carbocycles. The smallest absolute Gasteiger partial charge is 0.136 e. The summed E-state index contributed by atoms with van der Waals surface area (Å²) < 4.78 is 10.5. The maximum atomic E-state index is 10.6. The molecule has 1 amide bonds. The lowest BCUT2D eigenvalue weighted by atomic mass is 10.1. The molecule has 0 aliphatic heterocycles. The van der Waals surface area contributed by atoms with Crippen molar-refractivity contribution in [1.29, 1.82) is 0 Å². The number of ether oxygens (including phenoxy) is 2. The standard InChI is InChI=1S/C13H19NO4/c1-2-17-8-9-18-12(14-13(15)16)10-11-6-4-3-5-7-11/h3-7,12,14H,2,8-10H2,1H3,(H,15,16)/p-1. The molecule has 0 aliphatic rings. The van der Waals surface area contributed by atoms with Crippen LogP contribution < -0.4 is 10.4 Å². The molecule has 0 bridgehead atoms. The molecule has 0 aromatic heterocycles. The molecule has 0 radical (unpaired) electrons. The Bertz CT molecular complexity index is 342. The van der Waals surface area contributed by atoms with Gasteiger partial charge in [0.2, 0.25) is 0 Å². The number of nitrogens with one attached hydrogen (secondary N) is 1. The lowest BCUT2D eigenvalue weighted by Gasteiger charge is -2.20. The zero-order valence-electron chi connectivity index (χ0n) is 10.4. The van der Waals surface area contributed by atoms with E-state index >= 15 is 0 Å². The van der Waals surface area contributed by atoms with Crippen molar-refractivity contribution in [3.05, 3.63) is 35.9 Å². The largest absolute Gasteiger partial charge is 0.530 e. The molecular weight excluding hydrogens is 234 g/mol. The van der Waals surface area contributed by atoms with Gasteiger partial charge in [0.25, 0.3) is 0 Å². The molecule has 0 spiro atoms. The van der Waals surface area contributed by atoms with Crippen molar-refractivity contribution in [3.63, 3.8) is 0 Å². The number of hydrogen-bond donors (Lipinski definition) is 1. The van der Waals surface area contributed by atoms with E-state index in [1.165, 1.54) is 0 Å². The molecule has 0 heterocycles. The number of carboxylic acid groups (broad SMARTS) is 1. The zero-order chi connectivity index (χ0) is 13.2. The zero-order valence-corrected chi connectivity index (χ0v) is 10.4. The van der Waals surface area contributed by atoms with Crippen LogP contribution in [0.2, 0.25) is 0 Å². The van der Waals surface area contributed by atoms with Crippen LogP contribution in [-0.2, 0) is 15.9 Å². The third-order valence-electron chi connectivity index (χ3n) is 2.29. The van der Waals surface area contributed by atoms with Crippen LogP contribution in [0.25, 0.3) is 0 Å². The van der Waals surface area contributed by atoms with Crippen LogP contribution >= 0.6 is 0 Å². The average molecular weight is 252 g/mol. The summed E-state index contributed by atoms with van der Waals surface area (Å²) >= 11 is 0. The van der Waals surface area contributed by atoms with Gasteiger partial charge in [0, 0.05) is 13.0 Å². The summed E-state index contributed by atoms with van der Waals surface area (Å²) in [7, 11) is 0. The normalized spacial score (nSPS) is 12.1. The highest BCUT2D eigenvalue weighted by Gasteiger charge is 2.09. The Balaban J connectivity index is 2.42. The van der Waals surface area contributed by atoms with Crippen LogP contribution in [0.15, 0.2) is 30.3 Å². The number of rotatable bonds is 8. The molecular formula is C13H18NO4-. The highest BCUT2D eigenvalue weighted by Crippen LogP contribution is 2.04. The van der Waals surface area contributed by atoms with E-state index in [0.29, 0.717) is 26.2 Å². The molecule has 1 unspecified atom stereocenters. The fraction of sp³-hybridized carbons (Fsp3) is 0.462. The van der Waals surface area contributed by atoms with E-state index in [1.807, 2.05) is 37.3 Å². The third kappa shape index (κ3) is 6.22. The van der Waals surface area contributed by atoms with Crippen molar-refractivity contribution in [3.8, 4) is 0 Å². The average Bonchev–Trinajstić information content (AvgIpc) is 2.35. The van der Waals surface area contributed by atoms with Gasteiger partial charge < -0.3 is 24.7 Å². The fourth-order valence-corrected chi connectivity index (χ4v) is 1.50. The van der Waals surface area contributed by atoms with Crippen LogP contribution in [0.4, 0.5) is 4.79 Å². The highest BCUT2D eigenvalue weighted by molar-refractivity contribution is 5.62. The van der Waals surface area contributed by atoms with Crippen LogP contribution in [-0.4, -0.2) is 32.1 Å². The maximum Gasteiger partial charge on any atom is 0.136 e. The first-order valence-corrected chi connectivity index (χ1v) is 5.93. The Hall–Kier alpha value is -1.59. The second-order valence-electron chi connectivity index (χ2n) is 3.68. The molecule has 1 rings (SSSR count). The van der Waals surface area contributed by atoms with Crippen LogP contribution in [0.1, 0.15) is 12.5 Å². The van der Waals surface area contributed by atoms with Gasteiger partial charge in [-0.25, -0.2) is 0 Å². The first-order chi connectivity index (χ1) is 8.72. The lowest BCUT2D eigenvalue weighted by molar-refractivity contribution is -0.254. The van der Waals surface area contributed by atoms with Gasteiger partial charge in [-0.1, -0.05) is 30.3 Å². The number of carbonyl (C=O) groups excluding carboxylic acids is 1. The van der Waals surface area contributed by atoms with E-state index in [2.05, 4.69) is 5.32 Å². The van der Waals surface area contributed by atoms with Gasteiger partial charge in [-0.3, -0.25) is 0 Å². The number of amides is 1. The Morgan fingerprint density at radius 3 is 2.67 bits per heavy atom. The molecule has 5 heteroatoms. The monoisotopic (exact) mass is 252 g/mol. The summed E-state index contributed by atoms with van der Waals surface area (Å²) in [4.78, 5) is 10.6. The molecule has 0 fully saturated rings. The fourth-order valence-electron chi connectivity index (χ4n) is 1.50. The van der Waals surface area contributed by atoms with Gasteiger partial charge in [-0.05, 0) is 12.5 Å². The minimum atomic E-state index is -1.34. The topological polar surface area (TPSA) is 70.6 Å².